The Morgan fingerprint density at radius 2 is 2.12 bits per heavy atom. The number of halogens is 1. The summed E-state index contributed by atoms with van der Waals surface area (Å²) in [6.07, 6.45) is 5.42. The molecule has 0 aliphatic carbocycles. The van der Waals surface area contributed by atoms with Gasteiger partial charge in [0.15, 0.2) is 0 Å². The molecule has 1 amide bonds. The van der Waals surface area contributed by atoms with Crippen molar-refractivity contribution < 1.29 is 9.18 Å². The van der Waals surface area contributed by atoms with E-state index < -0.39 is 5.54 Å². The van der Waals surface area contributed by atoms with Gasteiger partial charge in [0.25, 0.3) is 0 Å². The summed E-state index contributed by atoms with van der Waals surface area (Å²) in [6, 6.07) is 4.87. The first-order chi connectivity index (χ1) is 11.4. The first-order valence-electron chi connectivity index (χ1n) is 8.77. The molecule has 0 radical (unpaired) electrons. The Kier molecular flexibility index (Phi) is 4.63. The van der Waals surface area contributed by atoms with E-state index in [0.29, 0.717) is 12.3 Å². The number of H-pyrrole nitrogens is 1. The van der Waals surface area contributed by atoms with Gasteiger partial charge in [-0.15, -0.1) is 0 Å². The van der Waals surface area contributed by atoms with E-state index in [1.165, 1.54) is 17.7 Å². The maximum absolute atomic E-state index is 13.3. The highest BCUT2D eigenvalue weighted by Gasteiger charge is 2.34. The zero-order valence-corrected chi connectivity index (χ0v) is 14.4. The number of carbonyl (C=O) groups is 1. The summed E-state index contributed by atoms with van der Waals surface area (Å²) >= 11 is 0. The lowest BCUT2D eigenvalue weighted by Crippen LogP contribution is -2.54. The Hall–Kier alpha value is -1.88. The number of amides is 1. The van der Waals surface area contributed by atoms with Crippen LogP contribution in [0.4, 0.5) is 4.39 Å². The molecule has 1 aliphatic rings. The largest absolute Gasteiger partial charge is 0.361 e. The molecule has 1 atom stereocenters. The Morgan fingerprint density at radius 3 is 2.79 bits per heavy atom. The molecule has 4 nitrogen and oxygen atoms in total. The van der Waals surface area contributed by atoms with Crippen molar-refractivity contribution >= 4 is 16.8 Å². The number of rotatable bonds is 4. The lowest BCUT2D eigenvalue weighted by atomic mass is 9.87. The average Bonchev–Trinajstić information content (AvgIpc) is 2.97. The minimum absolute atomic E-state index is 0.0591. The van der Waals surface area contributed by atoms with Gasteiger partial charge in [0.05, 0.1) is 5.54 Å². The molecule has 0 saturated carbocycles. The van der Waals surface area contributed by atoms with Gasteiger partial charge in [-0.3, -0.25) is 4.79 Å². The second-order valence-corrected chi connectivity index (χ2v) is 7.17. The van der Waals surface area contributed by atoms with Crippen molar-refractivity contribution in [2.45, 2.75) is 51.0 Å². The number of hydrogen-bond acceptors (Lipinski definition) is 2. The summed E-state index contributed by atoms with van der Waals surface area (Å²) < 4.78 is 13.3. The molecular weight excluding hydrogens is 305 g/mol. The Balaban J connectivity index is 1.69. The van der Waals surface area contributed by atoms with Crippen molar-refractivity contribution in [2.24, 2.45) is 5.73 Å². The third kappa shape index (κ3) is 3.18. The van der Waals surface area contributed by atoms with E-state index in [9.17, 15) is 9.18 Å². The normalized spacial score (nSPS) is 18.8. The van der Waals surface area contributed by atoms with Crippen molar-refractivity contribution in [3.05, 3.63) is 35.8 Å². The van der Waals surface area contributed by atoms with Crippen LogP contribution in [-0.4, -0.2) is 34.4 Å². The first kappa shape index (κ1) is 17.0. The Labute approximate surface area is 142 Å². The van der Waals surface area contributed by atoms with Gasteiger partial charge in [0.1, 0.15) is 5.82 Å². The molecule has 24 heavy (non-hydrogen) atoms. The van der Waals surface area contributed by atoms with Gasteiger partial charge in [-0.2, -0.15) is 0 Å². The number of benzene rings is 1. The SMILES string of the molecule is CCCC(C)(N)C(=O)N1CCC(c2c[nH]c3cc(F)ccc23)CC1. The first-order valence-corrected chi connectivity index (χ1v) is 8.77. The molecule has 1 aromatic heterocycles. The highest BCUT2D eigenvalue weighted by atomic mass is 19.1. The fourth-order valence-electron chi connectivity index (χ4n) is 3.84. The molecule has 130 valence electrons. The Morgan fingerprint density at radius 1 is 1.42 bits per heavy atom. The van der Waals surface area contributed by atoms with Crippen LogP contribution in [0.1, 0.15) is 51.0 Å². The van der Waals surface area contributed by atoms with Crippen LogP contribution in [0.15, 0.2) is 24.4 Å². The molecule has 1 aliphatic heterocycles. The van der Waals surface area contributed by atoms with Crippen molar-refractivity contribution in [2.75, 3.05) is 13.1 Å². The van der Waals surface area contributed by atoms with E-state index in [1.54, 1.807) is 0 Å². The average molecular weight is 331 g/mol. The summed E-state index contributed by atoms with van der Waals surface area (Å²) in [7, 11) is 0. The van der Waals surface area contributed by atoms with Crippen LogP contribution in [0.3, 0.4) is 0 Å². The van der Waals surface area contributed by atoms with Crippen LogP contribution in [0, 0.1) is 5.82 Å². The number of nitrogens with zero attached hydrogens (tertiary/aromatic N) is 1. The van der Waals surface area contributed by atoms with E-state index in [2.05, 4.69) is 4.98 Å². The third-order valence-electron chi connectivity index (χ3n) is 5.16. The minimum atomic E-state index is -0.764. The van der Waals surface area contributed by atoms with E-state index in [0.717, 1.165) is 43.3 Å². The van der Waals surface area contributed by atoms with Gasteiger partial charge in [-0.05, 0) is 55.9 Å². The molecule has 3 rings (SSSR count). The van der Waals surface area contributed by atoms with Crippen LogP contribution in [0.2, 0.25) is 0 Å². The van der Waals surface area contributed by atoms with E-state index in [4.69, 9.17) is 5.73 Å². The van der Waals surface area contributed by atoms with E-state index >= 15 is 0 Å². The van der Waals surface area contributed by atoms with Crippen LogP contribution in [0.5, 0.6) is 0 Å². The fraction of sp³-hybridized carbons (Fsp3) is 0.526. The molecule has 1 unspecified atom stereocenters. The van der Waals surface area contributed by atoms with Crippen molar-refractivity contribution in [1.82, 2.24) is 9.88 Å². The number of nitrogens with two attached hydrogens (primary N) is 1. The van der Waals surface area contributed by atoms with Crippen LogP contribution in [0.25, 0.3) is 10.9 Å². The maximum Gasteiger partial charge on any atom is 0.242 e. The monoisotopic (exact) mass is 331 g/mol. The summed E-state index contributed by atoms with van der Waals surface area (Å²) in [5.41, 5.74) is 7.48. The van der Waals surface area contributed by atoms with Crippen LogP contribution in [-0.2, 0) is 4.79 Å². The molecule has 5 heteroatoms. The molecule has 2 heterocycles. The zero-order valence-electron chi connectivity index (χ0n) is 14.4. The lowest BCUT2D eigenvalue weighted by molar-refractivity contribution is -0.137. The zero-order chi connectivity index (χ0) is 17.3. The smallest absolute Gasteiger partial charge is 0.242 e. The van der Waals surface area contributed by atoms with Crippen molar-refractivity contribution in [3.8, 4) is 0 Å². The summed E-state index contributed by atoms with van der Waals surface area (Å²) in [4.78, 5) is 17.7. The van der Waals surface area contributed by atoms with E-state index in [1.807, 2.05) is 31.0 Å². The van der Waals surface area contributed by atoms with Gasteiger partial charge >= 0.3 is 0 Å². The summed E-state index contributed by atoms with van der Waals surface area (Å²) in [6.45, 7) is 5.34. The summed E-state index contributed by atoms with van der Waals surface area (Å²) in [5, 5.41) is 1.08. The van der Waals surface area contributed by atoms with Crippen LogP contribution < -0.4 is 5.73 Å². The molecule has 0 bridgehead atoms. The molecule has 3 N–H and O–H groups in total. The quantitative estimate of drug-likeness (QED) is 0.900. The second-order valence-electron chi connectivity index (χ2n) is 7.17. The van der Waals surface area contributed by atoms with Gasteiger partial charge < -0.3 is 15.6 Å². The van der Waals surface area contributed by atoms with Crippen molar-refractivity contribution in [3.63, 3.8) is 0 Å². The van der Waals surface area contributed by atoms with Crippen LogP contribution >= 0.6 is 0 Å². The number of aromatic nitrogens is 1. The molecule has 1 aromatic carbocycles. The predicted octanol–water partition coefficient (Wildman–Crippen LogP) is 3.53. The number of hydrogen-bond donors (Lipinski definition) is 2. The number of likely N-dealkylation sites (tertiary alicyclic amines) is 1. The molecule has 2 aromatic rings. The fourth-order valence-corrected chi connectivity index (χ4v) is 3.84. The number of aromatic amines is 1. The van der Waals surface area contributed by atoms with Gasteiger partial charge in [-0.1, -0.05) is 13.3 Å². The lowest BCUT2D eigenvalue weighted by Gasteiger charge is -2.36. The minimum Gasteiger partial charge on any atom is -0.361 e. The van der Waals surface area contributed by atoms with Crippen molar-refractivity contribution in [1.29, 1.82) is 0 Å². The van der Waals surface area contributed by atoms with Gasteiger partial charge in [-0.25, -0.2) is 4.39 Å². The number of piperidine rings is 1. The molecule has 1 fully saturated rings. The molecular formula is C19H26FN3O. The number of fused-ring (bicyclic) bond motifs is 1. The molecule has 0 spiro atoms. The molecule has 1 saturated heterocycles. The third-order valence-corrected chi connectivity index (χ3v) is 5.16. The topological polar surface area (TPSA) is 62.1 Å². The standard InChI is InChI=1S/C19H26FN3O/c1-3-8-19(2,21)18(24)23-9-6-13(7-10-23)16-12-22-17-11-14(20)4-5-15(16)17/h4-5,11-13,22H,3,6-10,21H2,1-2H3. The Bertz CT molecular complexity index is 729. The van der Waals surface area contributed by atoms with Gasteiger partial charge in [0.2, 0.25) is 5.91 Å². The highest BCUT2D eigenvalue weighted by Crippen LogP contribution is 2.34. The number of nitrogens with one attached hydrogen (secondary N) is 1. The highest BCUT2D eigenvalue weighted by molar-refractivity contribution is 5.86. The predicted molar refractivity (Wildman–Crippen MR) is 94.3 cm³/mol. The van der Waals surface area contributed by atoms with Gasteiger partial charge in [0, 0.05) is 30.2 Å². The number of carbonyl (C=O) groups excluding carboxylic acids is 1. The summed E-state index contributed by atoms with van der Waals surface area (Å²) in [5.74, 6) is 0.224. The van der Waals surface area contributed by atoms with E-state index in [-0.39, 0.29) is 11.7 Å². The maximum atomic E-state index is 13.3. The second kappa shape index (κ2) is 6.55.